The van der Waals surface area contributed by atoms with Crippen LogP contribution >= 0.6 is 0 Å². The Balaban J connectivity index is 0.00000120. The van der Waals surface area contributed by atoms with E-state index in [4.69, 9.17) is 4.74 Å². The molecule has 2 aliphatic carbocycles. The maximum Gasteiger partial charge on any atom is 1.00 e. The standard InChI is InChI=1S/C15H19O2.Li/c1-15-8-7-10-9-11(17-2)3-4-12(10)13(15)5-6-14(15)16;/h3-4,9,13-14H,5-8H2,1-2H3;/q-1;+1/t13-,14-,15-;/m0./s1. The molecule has 1 saturated carbocycles. The van der Waals surface area contributed by atoms with Gasteiger partial charge in [0.1, 0.15) is 5.75 Å². The molecule has 0 saturated heterocycles. The van der Waals surface area contributed by atoms with Crippen LogP contribution < -0.4 is 28.7 Å². The fourth-order valence-electron chi connectivity index (χ4n) is 3.72. The van der Waals surface area contributed by atoms with Gasteiger partial charge in [-0.05, 0) is 53.9 Å². The maximum absolute atomic E-state index is 12.1. The summed E-state index contributed by atoms with van der Waals surface area (Å²) in [5.41, 5.74) is 2.78. The number of benzene rings is 1. The number of hydrogen-bond acceptors (Lipinski definition) is 2. The summed E-state index contributed by atoms with van der Waals surface area (Å²) in [6.07, 6.45) is 3.59. The Bertz CT molecular complexity index is 446. The van der Waals surface area contributed by atoms with Crippen LogP contribution in [0.3, 0.4) is 0 Å². The van der Waals surface area contributed by atoms with Crippen molar-refractivity contribution >= 4 is 0 Å². The van der Waals surface area contributed by atoms with Crippen molar-refractivity contribution in [3.05, 3.63) is 29.3 Å². The van der Waals surface area contributed by atoms with E-state index in [1.807, 2.05) is 6.07 Å². The van der Waals surface area contributed by atoms with Crippen LogP contribution in [0.1, 0.15) is 43.2 Å². The maximum atomic E-state index is 12.1. The first-order chi connectivity index (χ1) is 8.15. The fourth-order valence-corrected chi connectivity index (χ4v) is 3.72. The summed E-state index contributed by atoms with van der Waals surface area (Å²) < 4.78 is 5.28. The number of aryl methyl sites for hydroxylation is 1. The van der Waals surface area contributed by atoms with Crippen molar-refractivity contribution in [2.45, 2.75) is 44.6 Å². The van der Waals surface area contributed by atoms with E-state index < -0.39 is 0 Å². The molecule has 0 aromatic heterocycles. The second-order valence-corrected chi connectivity index (χ2v) is 5.69. The van der Waals surface area contributed by atoms with Gasteiger partial charge in [-0.25, -0.2) is 0 Å². The number of ether oxygens (including phenoxy) is 1. The van der Waals surface area contributed by atoms with Crippen molar-refractivity contribution in [3.63, 3.8) is 0 Å². The Morgan fingerprint density at radius 2 is 2.11 bits per heavy atom. The molecule has 0 unspecified atom stereocenters. The van der Waals surface area contributed by atoms with Gasteiger partial charge in [-0.3, -0.25) is 0 Å². The topological polar surface area (TPSA) is 32.3 Å². The fraction of sp³-hybridized carbons (Fsp3) is 0.600. The van der Waals surface area contributed by atoms with Gasteiger partial charge in [0.05, 0.1) is 7.11 Å². The van der Waals surface area contributed by atoms with E-state index in [0.29, 0.717) is 5.92 Å². The van der Waals surface area contributed by atoms with Gasteiger partial charge in [-0.15, -0.1) is 6.10 Å². The first kappa shape index (κ1) is 14.0. The van der Waals surface area contributed by atoms with E-state index in [1.165, 1.54) is 11.1 Å². The van der Waals surface area contributed by atoms with Gasteiger partial charge in [0.2, 0.25) is 0 Å². The molecule has 0 aliphatic heterocycles. The van der Waals surface area contributed by atoms with Gasteiger partial charge in [0, 0.05) is 0 Å². The average Bonchev–Trinajstić information content (AvgIpc) is 2.65. The molecule has 2 aliphatic rings. The Labute approximate surface area is 121 Å². The van der Waals surface area contributed by atoms with Crippen molar-refractivity contribution in [1.29, 1.82) is 0 Å². The molecule has 1 fully saturated rings. The first-order valence-electron chi connectivity index (χ1n) is 6.48. The molecule has 1 aromatic carbocycles. The molecule has 0 amide bonds. The monoisotopic (exact) mass is 238 g/mol. The van der Waals surface area contributed by atoms with E-state index >= 15 is 0 Å². The van der Waals surface area contributed by atoms with E-state index in [2.05, 4.69) is 19.1 Å². The minimum Gasteiger partial charge on any atom is -0.852 e. The molecule has 0 N–H and O–H groups in total. The largest absolute Gasteiger partial charge is 1.00 e. The summed E-state index contributed by atoms with van der Waals surface area (Å²) >= 11 is 0. The minimum atomic E-state index is -0.372. The van der Waals surface area contributed by atoms with E-state index in [1.54, 1.807) is 7.11 Å². The molecule has 0 spiro atoms. The summed E-state index contributed by atoms with van der Waals surface area (Å²) in [4.78, 5) is 0. The average molecular weight is 238 g/mol. The molecule has 2 nitrogen and oxygen atoms in total. The van der Waals surface area contributed by atoms with Crippen LogP contribution in [0.2, 0.25) is 0 Å². The van der Waals surface area contributed by atoms with Gasteiger partial charge in [0.25, 0.3) is 0 Å². The Kier molecular flexibility index (Phi) is 3.83. The molecule has 18 heavy (non-hydrogen) atoms. The van der Waals surface area contributed by atoms with E-state index in [9.17, 15) is 5.11 Å². The van der Waals surface area contributed by atoms with Crippen LogP contribution in [-0.4, -0.2) is 13.2 Å². The van der Waals surface area contributed by atoms with Crippen molar-refractivity contribution in [3.8, 4) is 5.75 Å². The number of rotatable bonds is 1. The van der Waals surface area contributed by atoms with Crippen molar-refractivity contribution in [2.24, 2.45) is 5.41 Å². The molecular weight excluding hydrogens is 219 g/mol. The summed E-state index contributed by atoms with van der Waals surface area (Å²) in [6.45, 7) is 2.19. The summed E-state index contributed by atoms with van der Waals surface area (Å²) in [7, 11) is 1.71. The van der Waals surface area contributed by atoms with Crippen molar-refractivity contribution in [1.82, 2.24) is 0 Å². The third-order valence-corrected chi connectivity index (χ3v) is 4.91. The Morgan fingerprint density at radius 1 is 1.33 bits per heavy atom. The molecule has 3 rings (SSSR count). The van der Waals surface area contributed by atoms with Crippen LogP contribution in [0.25, 0.3) is 0 Å². The predicted octanol–water partition coefficient (Wildman–Crippen LogP) is -0.742. The van der Waals surface area contributed by atoms with Gasteiger partial charge in [-0.2, -0.15) is 0 Å². The van der Waals surface area contributed by atoms with E-state index in [-0.39, 0.29) is 30.4 Å². The van der Waals surface area contributed by atoms with E-state index in [0.717, 1.165) is 31.4 Å². The molecule has 1 aromatic rings. The summed E-state index contributed by atoms with van der Waals surface area (Å²) in [5, 5.41) is 12.1. The van der Waals surface area contributed by atoms with Gasteiger partial charge < -0.3 is 9.84 Å². The SMILES string of the molecule is COc1ccc2c(c1)CC[C@]1(C)[C@@H]([O-])CC[C@@H]21.[Li+]. The zero-order valence-corrected chi connectivity index (χ0v) is 11.5. The summed E-state index contributed by atoms with van der Waals surface area (Å²) in [6, 6.07) is 6.35. The first-order valence-corrected chi connectivity index (χ1v) is 6.48. The molecular formula is C15H19LiO2. The minimum absolute atomic E-state index is 0. The van der Waals surface area contributed by atoms with Gasteiger partial charge >= 0.3 is 18.9 Å². The number of fused-ring (bicyclic) bond motifs is 3. The molecule has 3 heteroatoms. The third kappa shape index (κ3) is 1.91. The normalized spacial score (nSPS) is 33.3. The molecule has 3 atom stereocenters. The quantitative estimate of drug-likeness (QED) is 0.604. The second-order valence-electron chi connectivity index (χ2n) is 5.69. The Morgan fingerprint density at radius 3 is 2.83 bits per heavy atom. The molecule has 0 radical (unpaired) electrons. The predicted molar refractivity (Wildman–Crippen MR) is 65.2 cm³/mol. The second kappa shape index (κ2) is 4.93. The van der Waals surface area contributed by atoms with Crippen molar-refractivity contribution < 1.29 is 28.7 Å². The zero-order valence-electron chi connectivity index (χ0n) is 11.5. The van der Waals surface area contributed by atoms with Gasteiger partial charge in [-0.1, -0.05) is 19.4 Å². The van der Waals surface area contributed by atoms with Crippen LogP contribution in [-0.2, 0) is 6.42 Å². The zero-order chi connectivity index (χ0) is 12.0. The molecule has 0 heterocycles. The van der Waals surface area contributed by atoms with Crippen LogP contribution in [0, 0.1) is 5.41 Å². The van der Waals surface area contributed by atoms with Crippen molar-refractivity contribution in [2.75, 3.05) is 7.11 Å². The van der Waals surface area contributed by atoms with Gasteiger partial charge in [0.15, 0.2) is 0 Å². The molecule has 0 bridgehead atoms. The van der Waals surface area contributed by atoms with Crippen LogP contribution in [0.5, 0.6) is 5.75 Å². The number of methoxy groups -OCH3 is 1. The Hall–Kier alpha value is -0.423. The summed E-state index contributed by atoms with van der Waals surface area (Å²) in [5.74, 6) is 1.41. The third-order valence-electron chi connectivity index (χ3n) is 4.91. The van der Waals surface area contributed by atoms with Crippen LogP contribution in [0.4, 0.5) is 0 Å². The number of hydrogen-bond donors (Lipinski definition) is 0. The van der Waals surface area contributed by atoms with Crippen LogP contribution in [0.15, 0.2) is 18.2 Å². The smallest absolute Gasteiger partial charge is 0.852 e. The molecule has 92 valence electrons.